The van der Waals surface area contributed by atoms with Crippen LogP contribution in [0.2, 0.25) is 0 Å². The number of aromatic nitrogens is 2. The molecule has 0 aliphatic heterocycles. The smallest absolute Gasteiger partial charge is 0.201 e. The van der Waals surface area contributed by atoms with Crippen molar-refractivity contribution >= 4 is 39.6 Å². The molecular weight excluding hydrogens is 301 g/mol. The quantitative estimate of drug-likeness (QED) is 0.823. The molecule has 78 valence electrons. The van der Waals surface area contributed by atoms with Gasteiger partial charge in [-0.25, -0.2) is 4.98 Å². The number of anilines is 1. The summed E-state index contributed by atoms with van der Waals surface area (Å²) < 4.78 is 3.38. The Morgan fingerprint density at radius 2 is 2.20 bits per heavy atom. The molecule has 1 heterocycles. The van der Waals surface area contributed by atoms with Crippen molar-refractivity contribution in [2.45, 2.75) is 25.3 Å². The Morgan fingerprint density at radius 1 is 1.47 bits per heavy atom. The average molecular weight is 313 g/mol. The molecule has 0 saturated heterocycles. The van der Waals surface area contributed by atoms with Crippen LogP contribution in [0.1, 0.15) is 19.8 Å². The van der Waals surface area contributed by atoms with Crippen molar-refractivity contribution in [3.05, 3.63) is 21.8 Å². The molecule has 0 spiro atoms. The summed E-state index contributed by atoms with van der Waals surface area (Å²) in [4.78, 5) is 4.42. The second-order valence-electron chi connectivity index (χ2n) is 4.44. The molecule has 0 unspecified atom stereocenters. The van der Waals surface area contributed by atoms with E-state index in [1.807, 2.05) is 0 Å². The van der Waals surface area contributed by atoms with Gasteiger partial charge in [0.1, 0.15) is 0 Å². The molecule has 0 amide bonds. The van der Waals surface area contributed by atoms with Gasteiger partial charge >= 0.3 is 0 Å². The van der Waals surface area contributed by atoms with Crippen LogP contribution in [0.15, 0.2) is 18.2 Å². The second-order valence-corrected chi connectivity index (χ2v) is 5.68. The van der Waals surface area contributed by atoms with E-state index in [0.29, 0.717) is 5.95 Å². The molecular formula is C11H12IN3. The Bertz CT molecular complexity index is 540. The topological polar surface area (TPSA) is 43.8 Å². The lowest BCUT2D eigenvalue weighted by atomic mass is 10.2. The van der Waals surface area contributed by atoms with Gasteiger partial charge in [0.25, 0.3) is 0 Å². The zero-order valence-corrected chi connectivity index (χ0v) is 10.7. The van der Waals surface area contributed by atoms with Gasteiger partial charge in [0.05, 0.1) is 11.0 Å². The lowest BCUT2D eigenvalue weighted by molar-refractivity contribution is 0.557. The van der Waals surface area contributed by atoms with Crippen molar-refractivity contribution in [2.24, 2.45) is 0 Å². The number of fused-ring (bicyclic) bond motifs is 1. The minimum atomic E-state index is 0.214. The highest BCUT2D eigenvalue weighted by atomic mass is 127. The van der Waals surface area contributed by atoms with Crippen molar-refractivity contribution in [1.82, 2.24) is 9.55 Å². The molecule has 1 aliphatic rings. The number of hydrogen-bond donors (Lipinski definition) is 1. The molecule has 1 aromatic heterocycles. The summed E-state index contributed by atoms with van der Waals surface area (Å²) in [6.07, 6.45) is 2.41. The van der Waals surface area contributed by atoms with Crippen molar-refractivity contribution in [2.75, 3.05) is 5.73 Å². The number of benzene rings is 1. The highest BCUT2D eigenvalue weighted by molar-refractivity contribution is 14.1. The zero-order valence-electron chi connectivity index (χ0n) is 8.50. The normalized spacial score (nSPS) is 18.3. The summed E-state index contributed by atoms with van der Waals surface area (Å²) in [5, 5.41) is 0. The molecule has 0 atom stereocenters. The standard InChI is InChI=1S/C11H12IN3/c1-11(4-5-11)15-9-3-2-7(12)6-8(9)14-10(15)13/h2-3,6H,4-5H2,1H3,(H2,13,14). The number of nitrogens with zero attached hydrogens (tertiary/aromatic N) is 2. The van der Waals surface area contributed by atoms with Crippen LogP contribution >= 0.6 is 22.6 Å². The van der Waals surface area contributed by atoms with Gasteiger partial charge in [0.2, 0.25) is 5.95 Å². The van der Waals surface area contributed by atoms with Gasteiger partial charge < -0.3 is 10.3 Å². The SMILES string of the molecule is CC1(n2c(N)nc3cc(I)ccc32)CC1. The van der Waals surface area contributed by atoms with E-state index in [4.69, 9.17) is 5.73 Å². The van der Waals surface area contributed by atoms with Gasteiger partial charge in [-0.1, -0.05) is 0 Å². The first-order valence-electron chi connectivity index (χ1n) is 5.04. The third-order valence-electron chi connectivity index (χ3n) is 3.16. The van der Waals surface area contributed by atoms with E-state index >= 15 is 0 Å². The summed E-state index contributed by atoms with van der Waals surface area (Å²) >= 11 is 2.30. The molecule has 3 nitrogen and oxygen atoms in total. The number of nitrogens with two attached hydrogens (primary N) is 1. The molecule has 1 aliphatic carbocycles. The van der Waals surface area contributed by atoms with Gasteiger partial charge in [0, 0.05) is 9.11 Å². The molecule has 2 N–H and O–H groups in total. The van der Waals surface area contributed by atoms with Crippen LogP contribution in [0.4, 0.5) is 5.95 Å². The van der Waals surface area contributed by atoms with Crippen LogP contribution in [0.3, 0.4) is 0 Å². The molecule has 15 heavy (non-hydrogen) atoms. The van der Waals surface area contributed by atoms with E-state index in [-0.39, 0.29) is 5.54 Å². The number of imidazole rings is 1. The van der Waals surface area contributed by atoms with E-state index in [0.717, 1.165) is 11.0 Å². The van der Waals surface area contributed by atoms with Crippen LogP contribution in [-0.2, 0) is 5.54 Å². The first kappa shape index (κ1) is 9.45. The highest BCUT2D eigenvalue weighted by Crippen LogP contribution is 2.46. The third kappa shape index (κ3) is 1.34. The maximum absolute atomic E-state index is 5.98. The fraction of sp³-hybridized carbons (Fsp3) is 0.364. The van der Waals surface area contributed by atoms with Crippen molar-refractivity contribution < 1.29 is 0 Å². The van der Waals surface area contributed by atoms with Crippen LogP contribution in [0.5, 0.6) is 0 Å². The fourth-order valence-corrected chi connectivity index (χ4v) is 2.52. The minimum Gasteiger partial charge on any atom is -0.369 e. The predicted molar refractivity (Wildman–Crippen MR) is 69.7 cm³/mol. The highest BCUT2D eigenvalue weighted by Gasteiger charge is 2.41. The molecule has 0 bridgehead atoms. The van der Waals surface area contributed by atoms with E-state index in [1.54, 1.807) is 0 Å². The van der Waals surface area contributed by atoms with E-state index in [2.05, 4.69) is 57.3 Å². The van der Waals surface area contributed by atoms with E-state index < -0.39 is 0 Å². The first-order chi connectivity index (χ1) is 7.10. The lowest BCUT2D eigenvalue weighted by Crippen LogP contribution is -2.14. The third-order valence-corrected chi connectivity index (χ3v) is 3.83. The predicted octanol–water partition coefficient (Wildman–Crippen LogP) is 2.73. The number of hydrogen-bond acceptors (Lipinski definition) is 2. The first-order valence-corrected chi connectivity index (χ1v) is 6.12. The lowest BCUT2D eigenvalue weighted by Gasteiger charge is -2.13. The summed E-state index contributed by atoms with van der Waals surface area (Å²) in [7, 11) is 0. The molecule has 2 aromatic rings. The van der Waals surface area contributed by atoms with Crippen molar-refractivity contribution in [3.63, 3.8) is 0 Å². The summed E-state index contributed by atoms with van der Waals surface area (Å²) in [5.74, 6) is 0.645. The van der Waals surface area contributed by atoms with E-state index in [9.17, 15) is 0 Å². The van der Waals surface area contributed by atoms with E-state index in [1.165, 1.54) is 16.4 Å². The van der Waals surface area contributed by atoms with Crippen LogP contribution in [-0.4, -0.2) is 9.55 Å². The average Bonchev–Trinajstić information content (AvgIpc) is 2.79. The maximum Gasteiger partial charge on any atom is 0.201 e. The largest absolute Gasteiger partial charge is 0.369 e. The molecule has 1 aromatic carbocycles. The fourth-order valence-electron chi connectivity index (χ4n) is 2.04. The van der Waals surface area contributed by atoms with Crippen molar-refractivity contribution in [1.29, 1.82) is 0 Å². The Labute approximate surface area is 102 Å². The second kappa shape index (κ2) is 2.87. The zero-order chi connectivity index (χ0) is 10.6. The van der Waals surface area contributed by atoms with Gasteiger partial charge in [-0.3, -0.25) is 0 Å². The van der Waals surface area contributed by atoms with Gasteiger partial charge in [-0.15, -0.1) is 0 Å². The molecule has 4 heteroatoms. The summed E-state index contributed by atoms with van der Waals surface area (Å²) in [6, 6.07) is 6.30. The summed E-state index contributed by atoms with van der Waals surface area (Å²) in [5.41, 5.74) is 8.36. The molecule has 1 saturated carbocycles. The Morgan fingerprint density at radius 3 is 2.87 bits per heavy atom. The Hall–Kier alpha value is -0.780. The minimum absolute atomic E-state index is 0.214. The van der Waals surface area contributed by atoms with Crippen LogP contribution in [0.25, 0.3) is 11.0 Å². The molecule has 3 rings (SSSR count). The van der Waals surface area contributed by atoms with Gasteiger partial charge in [-0.2, -0.15) is 0 Å². The Kier molecular flexibility index (Phi) is 1.81. The van der Waals surface area contributed by atoms with Crippen molar-refractivity contribution in [3.8, 4) is 0 Å². The van der Waals surface area contributed by atoms with Gasteiger partial charge in [0.15, 0.2) is 0 Å². The summed E-state index contributed by atoms with van der Waals surface area (Å²) in [6.45, 7) is 2.24. The van der Waals surface area contributed by atoms with Crippen LogP contribution in [0, 0.1) is 3.57 Å². The number of nitrogen functional groups attached to an aromatic ring is 1. The Balaban J connectivity index is 2.33. The number of rotatable bonds is 1. The molecule has 1 fully saturated rings. The monoisotopic (exact) mass is 313 g/mol. The van der Waals surface area contributed by atoms with Gasteiger partial charge in [-0.05, 0) is 60.6 Å². The van der Waals surface area contributed by atoms with Crippen LogP contribution < -0.4 is 5.73 Å². The molecule has 0 radical (unpaired) electrons. The maximum atomic E-state index is 5.98. The number of halogens is 1.